The van der Waals surface area contributed by atoms with E-state index in [4.69, 9.17) is 0 Å². The summed E-state index contributed by atoms with van der Waals surface area (Å²) in [7, 11) is 2.12. The zero-order valence-electron chi connectivity index (χ0n) is 12.6. The number of rotatable bonds is 2. The minimum atomic E-state index is 0.221. The van der Waals surface area contributed by atoms with Crippen molar-refractivity contribution in [1.29, 1.82) is 0 Å². The third-order valence-electron chi connectivity index (χ3n) is 4.42. The Labute approximate surface area is 116 Å². The van der Waals surface area contributed by atoms with Crippen LogP contribution in [0.4, 0.5) is 5.69 Å². The lowest BCUT2D eigenvalue weighted by atomic mass is 10.1. The Balaban J connectivity index is 2.24. The first-order chi connectivity index (χ1) is 9.02. The highest BCUT2D eigenvalue weighted by Gasteiger charge is 2.26. The molecule has 0 bridgehead atoms. The van der Waals surface area contributed by atoms with Crippen LogP contribution in [0.5, 0.6) is 0 Å². The van der Waals surface area contributed by atoms with Crippen LogP contribution in [0.25, 0.3) is 0 Å². The maximum absolute atomic E-state index is 9.61. The minimum absolute atomic E-state index is 0.221. The van der Waals surface area contributed by atoms with E-state index in [1.54, 1.807) is 0 Å². The van der Waals surface area contributed by atoms with Crippen molar-refractivity contribution in [3.05, 3.63) is 29.3 Å². The second kappa shape index (κ2) is 5.93. The number of hydrogen-bond donors (Lipinski definition) is 1. The number of aliphatic hydroxyl groups excluding tert-OH is 1. The van der Waals surface area contributed by atoms with Gasteiger partial charge in [0.25, 0.3) is 0 Å². The molecule has 1 heterocycles. The van der Waals surface area contributed by atoms with E-state index < -0.39 is 0 Å². The number of aryl methyl sites for hydroxylation is 2. The van der Waals surface area contributed by atoms with E-state index in [-0.39, 0.29) is 12.6 Å². The van der Waals surface area contributed by atoms with Crippen LogP contribution in [-0.2, 0) is 0 Å². The molecule has 1 aliphatic rings. The quantitative estimate of drug-likeness (QED) is 0.885. The van der Waals surface area contributed by atoms with Crippen molar-refractivity contribution >= 4 is 5.69 Å². The predicted molar refractivity (Wildman–Crippen MR) is 80.8 cm³/mol. The van der Waals surface area contributed by atoms with E-state index in [9.17, 15) is 5.11 Å². The van der Waals surface area contributed by atoms with Crippen LogP contribution >= 0.6 is 0 Å². The summed E-state index contributed by atoms with van der Waals surface area (Å²) in [5.41, 5.74) is 3.95. The molecule has 1 fully saturated rings. The lowest BCUT2D eigenvalue weighted by molar-refractivity contribution is 0.127. The summed E-state index contributed by atoms with van der Waals surface area (Å²) in [4.78, 5) is 4.74. The van der Waals surface area contributed by atoms with Crippen LogP contribution in [-0.4, -0.2) is 48.8 Å². The fraction of sp³-hybridized carbons (Fsp3) is 0.625. The van der Waals surface area contributed by atoms with Crippen molar-refractivity contribution in [2.24, 2.45) is 0 Å². The molecule has 1 saturated heterocycles. The predicted octanol–water partition coefficient (Wildman–Crippen LogP) is 2.19. The highest BCUT2D eigenvalue weighted by Crippen LogP contribution is 2.25. The average Bonchev–Trinajstić information content (AvgIpc) is 2.51. The van der Waals surface area contributed by atoms with Crippen molar-refractivity contribution in [3.63, 3.8) is 0 Å². The molecule has 3 heteroatoms. The summed E-state index contributed by atoms with van der Waals surface area (Å²) in [5, 5.41) is 9.61. The average molecular weight is 262 g/mol. The van der Waals surface area contributed by atoms with Crippen molar-refractivity contribution in [2.45, 2.75) is 39.3 Å². The Bertz CT molecular complexity index is 433. The normalized spacial score (nSPS) is 25.4. The molecule has 0 radical (unpaired) electrons. The molecular formula is C16H26N2O. The molecule has 0 spiro atoms. The van der Waals surface area contributed by atoms with Crippen molar-refractivity contribution in [2.75, 3.05) is 31.6 Å². The molecular weight excluding hydrogens is 236 g/mol. The van der Waals surface area contributed by atoms with Crippen molar-refractivity contribution < 1.29 is 5.11 Å². The minimum Gasteiger partial charge on any atom is -0.395 e. The number of hydrogen-bond acceptors (Lipinski definition) is 3. The molecule has 1 aromatic carbocycles. The third-order valence-corrected chi connectivity index (χ3v) is 4.42. The molecule has 2 unspecified atom stereocenters. The Morgan fingerprint density at radius 2 is 2.05 bits per heavy atom. The second-order valence-corrected chi connectivity index (χ2v) is 5.88. The van der Waals surface area contributed by atoms with E-state index in [0.717, 1.165) is 19.5 Å². The number of aliphatic hydroxyl groups is 1. The lowest BCUT2D eigenvalue weighted by Gasteiger charge is -2.31. The smallest absolute Gasteiger partial charge is 0.0604 e. The first kappa shape index (κ1) is 14.4. The Kier molecular flexibility index (Phi) is 4.48. The summed E-state index contributed by atoms with van der Waals surface area (Å²) >= 11 is 0. The van der Waals surface area contributed by atoms with E-state index >= 15 is 0 Å². The van der Waals surface area contributed by atoms with Gasteiger partial charge in [-0.2, -0.15) is 0 Å². The SMILES string of the molecule is Cc1ccc(N2CCC(C)N(C)C(CO)C2)c(C)c1. The molecule has 2 atom stereocenters. The summed E-state index contributed by atoms with van der Waals surface area (Å²) in [6.45, 7) is 8.74. The molecule has 0 amide bonds. The van der Waals surface area contributed by atoms with Gasteiger partial charge in [-0.3, -0.25) is 4.90 Å². The van der Waals surface area contributed by atoms with Gasteiger partial charge in [-0.1, -0.05) is 17.7 Å². The molecule has 2 rings (SSSR count). The van der Waals surface area contributed by atoms with E-state index in [0.29, 0.717) is 6.04 Å². The summed E-state index contributed by atoms with van der Waals surface area (Å²) in [6, 6.07) is 7.37. The Morgan fingerprint density at radius 1 is 1.32 bits per heavy atom. The Morgan fingerprint density at radius 3 is 2.68 bits per heavy atom. The van der Waals surface area contributed by atoms with Gasteiger partial charge < -0.3 is 10.0 Å². The molecule has 106 valence electrons. The maximum atomic E-state index is 9.61. The van der Waals surface area contributed by atoms with Crippen molar-refractivity contribution in [1.82, 2.24) is 4.90 Å². The largest absolute Gasteiger partial charge is 0.395 e. The zero-order valence-corrected chi connectivity index (χ0v) is 12.6. The van der Waals surface area contributed by atoms with Gasteiger partial charge in [-0.05, 0) is 45.9 Å². The maximum Gasteiger partial charge on any atom is 0.0604 e. The van der Waals surface area contributed by atoms with Gasteiger partial charge in [0.15, 0.2) is 0 Å². The molecule has 19 heavy (non-hydrogen) atoms. The fourth-order valence-electron chi connectivity index (χ4n) is 2.95. The standard InChI is InChI=1S/C16H26N2O/c1-12-5-6-16(13(2)9-12)18-8-7-14(3)17(4)15(10-18)11-19/h5-6,9,14-15,19H,7-8,10-11H2,1-4H3. The topological polar surface area (TPSA) is 26.7 Å². The van der Waals surface area contributed by atoms with Crippen LogP contribution in [0.3, 0.4) is 0 Å². The molecule has 1 aliphatic heterocycles. The highest BCUT2D eigenvalue weighted by molar-refractivity contribution is 5.54. The van der Waals surface area contributed by atoms with E-state index in [2.05, 4.69) is 55.8 Å². The fourth-order valence-corrected chi connectivity index (χ4v) is 2.95. The lowest BCUT2D eigenvalue weighted by Crippen LogP contribution is -2.44. The number of nitrogens with zero attached hydrogens (tertiary/aromatic N) is 2. The van der Waals surface area contributed by atoms with Crippen LogP contribution in [0.2, 0.25) is 0 Å². The monoisotopic (exact) mass is 262 g/mol. The number of benzene rings is 1. The molecule has 0 saturated carbocycles. The van der Waals surface area contributed by atoms with Gasteiger partial charge in [0.05, 0.1) is 12.6 Å². The van der Waals surface area contributed by atoms with Gasteiger partial charge in [-0.25, -0.2) is 0 Å². The zero-order chi connectivity index (χ0) is 14.0. The third kappa shape index (κ3) is 3.10. The first-order valence-corrected chi connectivity index (χ1v) is 7.18. The number of likely N-dealkylation sites (N-methyl/N-ethyl adjacent to an activating group) is 1. The van der Waals surface area contributed by atoms with Gasteiger partial charge in [0.1, 0.15) is 0 Å². The van der Waals surface area contributed by atoms with Crippen LogP contribution in [0, 0.1) is 13.8 Å². The molecule has 3 nitrogen and oxygen atoms in total. The molecule has 1 aromatic rings. The summed E-state index contributed by atoms with van der Waals surface area (Å²) in [6.07, 6.45) is 1.14. The van der Waals surface area contributed by atoms with E-state index in [1.165, 1.54) is 16.8 Å². The van der Waals surface area contributed by atoms with Crippen LogP contribution in [0.15, 0.2) is 18.2 Å². The first-order valence-electron chi connectivity index (χ1n) is 7.18. The van der Waals surface area contributed by atoms with Gasteiger partial charge >= 0.3 is 0 Å². The van der Waals surface area contributed by atoms with Gasteiger partial charge in [0, 0.05) is 24.8 Å². The molecule has 0 aromatic heterocycles. The summed E-state index contributed by atoms with van der Waals surface area (Å²) in [5.74, 6) is 0. The van der Waals surface area contributed by atoms with Crippen LogP contribution in [0.1, 0.15) is 24.5 Å². The van der Waals surface area contributed by atoms with Gasteiger partial charge in [0.2, 0.25) is 0 Å². The molecule has 0 aliphatic carbocycles. The van der Waals surface area contributed by atoms with Crippen LogP contribution < -0.4 is 4.90 Å². The van der Waals surface area contributed by atoms with Crippen molar-refractivity contribution in [3.8, 4) is 0 Å². The van der Waals surface area contributed by atoms with Gasteiger partial charge in [-0.15, -0.1) is 0 Å². The number of anilines is 1. The second-order valence-electron chi connectivity index (χ2n) is 5.88. The van der Waals surface area contributed by atoms with E-state index in [1.807, 2.05) is 0 Å². The highest BCUT2D eigenvalue weighted by atomic mass is 16.3. The summed E-state index contributed by atoms with van der Waals surface area (Å²) < 4.78 is 0. The Hall–Kier alpha value is -1.06. The molecule has 1 N–H and O–H groups in total.